The number of carbonyl (C=O) groups excluding carboxylic acids is 1. The van der Waals surface area contributed by atoms with Crippen molar-refractivity contribution in [1.82, 2.24) is 4.57 Å². The molecule has 1 heterocycles. The van der Waals surface area contributed by atoms with E-state index in [1.807, 2.05) is 12.1 Å². The van der Waals surface area contributed by atoms with Crippen LogP contribution >= 0.6 is 23.1 Å². The first kappa shape index (κ1) is 19.9. The Morgan fingerprint density at radius 2 is 2.00 bits per heavy atom. The molecule has 0 aliphatic rings. The summed E-state index contributed by atoms with van der Waals surface area (Å²) in [6.07, 6.45) is 0.314. The molecule has 1 amide bonds. The van der Waals surface area contributed by atoms with E-state index in [4.69, 9.17) is 4.74 Å². The number of benzene rings is 2. The molecule has 6 heteroatoms. The largest absolute Gasteiger partial charge is 0.383 e. The molecule has 4 nitrogen and oxygen atoms in total. The van der Waals surface area contributed by atoms with Crippen LogP contribution in [0, 0.1) is 6.92 Å². The van der Waals surface area contributed by atoms with Gasteiger partial charge >= 0.3 is 0 Å². The summed E-state index contributed by atoms with van der Waals surface area (Å²) in [5.41, 5.74) is 3.28. The van der Waals surface area contributed by atoms with Gasteiger partial charge in [0.1, 0.15) is 0 Å². The standard InChI is InChI=1S/C21H24N2O2S2/c1-4-26-17-8-6-16(7-9-17)14-20(24)22-21-23(11-12-25-3)18-10-5-15(2)13-19(18)27-21/h5-10,13H,4,11-12,14H2,1-3H3. The number of rotatable bonds is 7. The Morgan fingerprint density at radius 3 is 2.70 bits per heavy atom. The van der Waals surface area contributed by atoms with Gasteiger partial charge in [-0.3, -0.25) is 4.79 Å². The van der Waals surface area contributed by atoms with Crippen LogP contribution in [0.15, 0.2) is 52.4 Å². The molecule has 0 fully saturated rings. The molecule has 0 aliphatic carbocycles. The van der Waals surface area contributed by atoms with Crippen molar-refractivity contribution in [3.8, 4) is 0 Å². The van der Waals surface area contributed by atoms with Crippen molar-refractivity contribution in [2.24, 2.45) is 4.99 Å². The Bertz CT molecular complexity index is 988. The molecule has 0 aliphatic heterocycles. The van der Waals surface area contributed by atoms with E-state index in [2.05, 4.69) is 53.7 Å². The number of fused-ring (bicyclic) bond motifs is 1. The fourth-order valence-electron chi connectivity index (χ4n) is 2.86. The molecule has 0 bridgehead atoms. The van der Waals surface area contributed by atoms with Gasteiger partial charge < -0.3 is 9.30 Å². The monoisotopic (exact) mass is 400 g/mol. The van der Waals surface area contributed by atoms with Crippen LogP contribution in [0.25, 0.3) is 10.2 Å². The average Bonchev–Trinajstić information content (AvgIpc) is 2.97. The highest BCUT2D eigenvalue weighted by atomic mass is 32.2. The number of carbonyl (C=O) groups is 1. The van der Waals surface area contributed by atoms with Crippen LogP contribution in [0.3, 0.4) is 0 Å². The molecule has 142 valence electrons. The van der Waals surface area contributed by atoms with Crippen molar-refractivity contribution in [2.45, 2.75) is 31.7 Å². The van der Waals surface area contributed by atoms with Crippen LogP contribution in [0.1, 0.15) is 18.1 Å². The summed E-state index contributed by atoms with van der Waals surface area (Å²) in [4.78, 5) is 18.9. The number of nitrogens with zero attached hydrogens (tertiary/aromatic N) is 2. The van der Waals surface area contributed by atoms with E-state index in [-0.39, 0.29) is 5.91 Å². The van der Waals surface area contributed by atoms with E-state index in [0.29, 0.717) is 19.6 Å². The van der Waals surface area contributed by atoms with Crippen molar-refractivity contribution in [2.75, 3.05) is 19.5 Å². The van der Waals surface area contributed by atoms with Gasteiger partial charge in [-0.05, 0) is 48.1 Å². The predicted molar refractivity (Wildman–Crippen MR) is 114 cm³/mol. The van der Waals surface area contributed by atoms with Gasteiger partial charge in [0, 0.05) is 18.6 Å². The summed E-state index contributed by atoms with van der Waals surface area (Å²) in [5, 5.41) is 0. The Morgan fingerprint density at radius 1 is 1.22 bits per heavy atom. The molecule has 0 N–H and O–H groups in total. The zero-order chi connectivity index (χ0) is 19.2. The molecule has 3 rings (SSSR count). The Hall–Kier alpha value is -1.89. The number of aromatic nitrogens is 1. The van der Waals surface area contributed by atoms with Crippen LogP contribution in [0.2, 0.25) is 0 Å². The van der Waals surface area contributed by atoms with Gasteiger partial charge in [0.25, 0.3) is 5.91 Å². The third-order valence-electron chi connectivity index (χ3n) is 4.17. The molecule has 27 heavy (non-hydrogen) atoms. The Labute approximate surface area is 167 Å². The van der Waals surface area contributed by atoms with Crippen LogP contribution in [-0.4, -0.2) is 29.9 Å². The number of aryl methyl sites for hydroxylation is 1. The highest BCUT2D eigenvalue weighted by Crippen LogP contribution is 2.20. The Kier molecular flexibility index (Phi) is 6.88. The highest BCUT2D eigenvalue weighted by molar-refractivity contribution is 7.99. The molecule has 0 saturated heterocycles. The van der Waals surface area contributed by atoms with E-state index in [1.54, 1.807) is 30.2 Å². The number of thiazole rings is 1. The second-order valence-electron chi connectivity index (χ2n) is 6.26. The fraction of sp³-hybridized carbons (Fsp3) is 0.333. The number of hydrogen-bond donors (Lipinski definition) is 0. The van der Waals surface area contributed by atoms with Crippen LogP contribution in [-0.2, 0) is 22.5 Å². The summed E-state index contributed by atoms with van der Waals surface area (Å²) in [6, 6.07) is 14.5. The molecular formula is C21H24N2O2S2. The van der Waals surface area contributed by atoms with E-state index in [1.165, 1.54) is 10.5 Å². The van der Waals surface area contributed by atoms with Gasteiger partial charge in [0.2, 0.25) is 0 Å². The summed E-state index contributed by atoms with van der Waals surface area (Å²) < 4.78 is 8.44. The molecule has 1 aromatic heterocycles. The summed E-state index contributed by atoms with van der Waals surface area (Å²) in [6.45, 7) is 5.46. The summed E-state index contributed by atoms with van der Waals surface area (Å²) in [7, 11) is 1.68. The van der Waals surface area contributed by atoms with Crippen LogP contribution < -0.4 is 4.80 Å². The number of amides is 1. The number of ether oxygens (including phenoxy) is 1. The first-order valence-corrected chi connectivity index (χ1v) is 10.8. The van der Waals surface area contributed by atoms with E-state index >= 15 is 0 Å². The summed E-state index contributed by atoms with van der Waals surface area (Å²) in [5.74, 6) is 0.917. The third kappa shape index (κ3) is 5.09. The number of methoxy groups -OCH3 is 1. The molecule has 3 aromatic rings. The zero-order valence-electron chi connectivity index (χ0n) is 15.9. The molecule has 0 spiro atoms. The van der Waals surface area contributed by atoms with Gasteiger partial charge in [-0.15, -0.1) is 11.8 Å². The normalized spacial score (nSPS) is 12.0. The van der Waals surface area contributed by atoms with E-state index in [0.717, 1.165) is 26.3 Å². The lowest BCUT2D eigenvalue weighted by atomic mass is 10.1. The topological polar surface area (TPSA) is 43.6 Å². The highest BCUT2D eigenvalue weighted by Gasteiger charge is 2.09. The Balaban J connectivity index is 1.88. The SMILES string of the molecule is CCSc1ccc(CC(=O)N=c2sc3cc(C)ccc3n2CCOC)cc1. The minimum Gasteiger partial charge on any atom is -0.383 e. The zero-order valence-corrected chi connectivity index (χ0v) is 17.5. The van der Waals surface area contributed by atoms with Crippen molar-refractivity contribution in [1.29, 1.82) is 0 Å². The summed E-state index contributed by atoms with van der Waals surface area (Å²) >= 11 is 3.35. The predicted octanol–water partition coefficient (Wildman–Crippen LogP) is 4.44. The minimum atomic E-state index is -0.125. The molecule has 0 unspecified atom stereocenters. The van der Waals surface area contributed by atoms with Crippen molar-refractivity contribution >= 4 is 39.2 Å². The molecule has 0 saturated carbocycles. The van der Waals surface area contributed by atoms with Gasteiger partial charge in [-0.25, -0.2) is 0 Å². The first-order chi connectivity index (χ1) is 13.1. The third-order valence-corrected chi connectivity index (χ3v) is 6.10. The lowest BCUT2D eigenvalue weighted by Gasteiger charge is -2.04. The van der Waals surface area contributed by atoms with Crippen LogP contribution in [0.4, 0.5) is 0 Å². The van der Waals surface area contributed by atoms with Gasteiger partial charge in [-0.1, -0.05) is 36.5 Å². The van der Waals surface area contributed by atoms with Crippen molar-refractivity contribution < 1.29 is 9.53 Å². The first-order valence-electron chi connectivity index (χ1n) is 8.99. The molecule has 2 aromatic carbocycles. The number of hydrogen-bond acceptors (Lipinski definition) is 4. The maximum Gasteiger partial charge on any atom is 0.252 e. The molecule has 0 atom stereocenters. The van der Waals surface area contributed by atoms with Gasteiger partial charge in [0.05, 0.1) is 23.2 Å². The fourth-order valence-corrected chi connectivity index (χ4v) is 4.69. The average molecular weight is 401 g/mol. The van der Waals surface area contributed by atoms with Gasteiger partial charge in [0.15, 0.2) is 4.80 Å². The lowest BCUT2D eigenvalue weighted by Crippen LogP contribution is -2.19. The minimum absolute atomic E-state index is 0.125. The number of thioether (sulfide) groups is 1. The smallest absolute Gasteiger partial charge is 0.252 e. The lowest BCUT2D eigenvalue weighted by molar-refractivity contribution is -0.117. The molecular weight excluding hydrogens is 376 g/mol. The van der Waals surface area contributed by atoms with Crippen molar-refractivity contribution in [3.63, 3.8) is 0 Å². The second-order valence-corrected chi connectivity index (χ2v) is 8.61. The quantitative estimate of drug-likeness (QED) is 0.551. The molecule has 0 radical (unpaired) electrons. The maximum atomic E-state index is 12.6. The second kappa shape index (κ2) is 9.35. The van der Waals surface area contributed by atoms with Crippen molar-refractivity contribution in [3.05, 3.63) is 58.4 Å². The van der Waals surface area contributed by atoms with E-state index in [9.17, 15) is 4.79 Å². The van der Waals surface area contributed by atoms with Gasteiger partial charge in [-0.2, -0.15) is 4.99 Å². The maximum absolute atomic E-state index is 12.6. The van der Waals surface area contributed by atoms with E-state index < -0.39 is 0 Å². The van der Waals surface area contributed by atoms with Crippen LogP contribution in [0.5, 0.6) is 0 Å².